The third kappa shape index (κ3) is 2.83. The third-order valence-electron chi connectivity index (χ3n) is 3.83. The molecule has 0 aromatic carbocycles. The summed E-state index contributed by atoms with van der Waals surface area (Å²) < 4.78 is 1.66. The summed E-state index contributed by atoms with van der Waals surface area (Å²) in [6.07, 6.45) is 6.55. The van der Waals surface area contributed by atoms with Gasteiger partial charge in [-0.15, -0.1) is 0 Å². The van der Waals surface area contributed by atoms with Crippen molar-refractivity contribution in [3.63, 3.8) is 0 Å². The van der Waals surface area contributed by atoms with E-state index in [4.69, 9.17) is 0 Å². The average molecular weight is 331 g/mol. The van der Waals surface area contributed by atoms with E-state index in [0.29, 0.717) is 23.3 Å². The van der Waals surface area contributed by atoms with E-state index in [0.717, 1.165) is 11.3 Å². The molecule has 25 heavy (non-hydrogen) atoms. The number of hydrogen-bond acceptors (Lipinski definition) is 5. The first-order valence-electron chi connectivity index (χ1n) is 7.62. The number of pyridine rings is 3. The van der Waals surface area contributed by atoms with Gasteiger partial charge >= 0.3 is 5.97 Å². The molecule has 1 N–H and O–H groups in total. The lowest BCUT2D eigenvalue weighted by atomic mass is 10.1. The van der Waals surface area contributed by atoms with Crippen LogP contribution < -0.4 is 0 Å². The monoisotopic (exact) mass is 331 g/mol. The minimum Gasteiger partial charge on any atom is -0.478 e. The molecule has 4 rings (SSSR count). The summed E-state index contributed by atoms with van der Waals surface area (Å²) in [5, 5.41) is 14.4. The van der Waals surface area contributed by atoms with Crippen molar-refractivity contribution in [3.8, 4) is 11.3 Å². The summed E-state index contributed by atoms with van der Waals surface area (Å²) in [5.41, 5.74) is 2.77. The van der Waals surface area contributed by atoms with Gasteiger partial charge in [0.1, 0.15) is 0 Å². The molecule has 0 saturated carbocycles. The summed E-state index contributed by atoms with van der Waals surface area (Å²) in [6.45, 7) is 0.410. The fraction of sp³-hybridized carbons (Fsp3) is 0.0556. The van der Waals surface area contributed by atoms with Gasteiger partial charge in [-0.05, 0) is 30.3 Å². The molecule has 0 radical (unpaired) electrons. The lowest BCUT2D eigenvalue weighted by Gasteiger charge is -2.06. The van der Waals surface area contributed by atoms with Crippen molar-refractivity contribution in [2.75, 3.05) is 0 Å². The van der Waals surface area contributed by atoms with Crippen LogP contribution in [-0.2, 0) is 6.54 Å². The van der Waals surface area contributed by atoms with Gasteiger partial charge in [0.15, 0.2) is 5.65 Å². The molecule has 7 nitrogen and oxygen atoms in total. The molecule has 4 aromatic rings. The van der Waals surface area contributed by atoms with Gasteiger partial charge in [-0.3, -0.25) is 9.97 Å². The van der Waals surface area contributed by atoms with E-state index < -0.39 is 5.97 Å². The minimum atomic E-state index is -1.02. The summed E-state index contributed by atoms with van der Waals surface area (Å²) >= 11 is 0. The first-order chi connectivity index (χ1) is 12.2. The Morgan fingerprint density at radius 1 is 1.12 bits per heavy atom. The van der Waals surface area contributed by atoms with Crippen LogP contribution >= 0.6 is 0 Å². The van der Waals surface area contributed by atoms with E-state index in [1.165, 1.54) is 6.20 Å². The summed E-state index contributed by atoms with van der Waals surface area (Å²) in [5.74, 6) is -1.02. The number of carbonyl (C=O) groups is 1. The Hall–Kier alpha value is -3.61. The van der Waals surface area contributed by atoms with E-state index in [1.54, 1.807) is 35.4 Å². The van der Waals surface area contributed by atoms with Crippen molar-refractivity contribution in [1.29, 1.82) is 0 Å². The molecule has 0 fully saturated rings. The van der Waals surface area contributed by atoms with Crippen LogP contribution in [0.2, 0.25) is 0 Å². The van der Waals surface area contributed by atoms with Crippen molar-refractivity contribution >= 4 is 17.0 Å². The van der Waals surface area contributed by atoms with Gasteiger partial charge in [-0.2, -0.15) is 5.10 Å². The van der Waals surface area contributed by atoms with Gasteiger partial charge in [0.25, 0.3) is 0 Å². The highest BCUT2D eigenvalue weighted by Gasteiger charge is 2.17. The zero-order valence-electron chi connectivity index (χ0n) is 13.1. The lowest BCUT2D eigenvalue weighted by Crippen LogP contribution is -2.06. The normalized spacial score (nSPS) is 10.9. The number of rotatable bonds is 4. The van der Waals surface area contributed by atoms with Crippen LogP contribution in [-0.4, -0.2) is 35.8 Å². The predicted molar refractivity (Wildman–Crippen MR) is 91.1 cm³/mol. The molecule has 0 spiro atoms. The SMILES string of the molecule is O=C(O)c1cc(-c2cccnc2)nc2c1cnn2Cc1ccccn1. The molecular formula is C18H13N5O2. The van der Waals surface area contributed by atoms with Gasteiger partial charge in [0.2, 0.25) is 0 Å². The first kappa shape index (κ1) is 14.9. The number of nitrogens with zero attached hydrogens (tertiary/aromatic N) is 5. The zero-order valence-corrected chi connectivity index (χ0v) is 13.1. The van der Waals surface area contributed by atoms with Gasteiger partial charge in [-0.1, -0.05) is 6.07 Å². The number of carboxylic acids is 1. The molecule has 122 valence electrons. The van der Waals surface area contributed by atoms with Crippen LogP contribution in [0.25, 0.3) is 22.3 Å². The van der Waals surface area contributed by atoms with Crippen molar-refractivity contribution in [3.05, 3.63) is 72.4 Å². The lowest BCUT2D eigenvalue weighted by molar-refractivity contribution is 0.0699. The molecule has 7 heteroatoms. The zero-order chi connectivity index (χ0) is 17.2. The predicted octanol–water partition coefficient (Wildman–Crippen LogP) is 2.63. The largest absolute Gasteiger partial charge is 0.478 e. The van der Waals surface area contributed by atoms with E-state index in [1.807, 2.05) is 24.3 Å². The first-order valence-corrected chi connectivity index (χ1v) is 7.62. The second-order valence-electron chi connectivity index (χ2n) is 5.46. The van der Waals surface area contributed by atoms with E-state index in [9.17, 15) is 9.90 Å². The second kappa shape index (κ2) is 6.12. The van der Waals surface area contributed by atoms with Gasteiger partial charge in [0.05, 0.1) is 35.1 Å². The molecule has 0 atom stereocenters. The molecule has 0 aliphatic heterocycles. The number of aromatic nitrogens is 5. The summed E-state index contributed by atoms with van der Waals surface area (Å²) in [7, 11) is 0. The molecule has 0 aliphatic rings. The second-order valence-corrected chi connectivity index (χ2v) is 5.46. The molecular weight excluding hydrogens is 318 g/mol. The smallest absolute Gasteiger partial charge is 0.336 e. The van der Waals surface area contributed by atoms with Crippen molar-refractivity contribution < 1.29 is 9.90 Å². The van der Waals surface area contributed by atoms with E-state index >= 15 is 0 Å². The topological polar surface area (TPSA) is 93.8 Å². The number of hydrogen-bond donors (Lipinski definition) is 1. The van der Waals surface area contributed by atoms with Gasteiger partial charge in [-0.25, -0.2) is 14.5 Å². The highest BCUT2D eigenvalue weighted by Crippen LogP contribution is 2.24. The number of fused-ring (bicyclic) bond motifs is 1. The Bertz CT molecular complexity index is 1050. The Kier molecular flexibility index (Phi) is 3.66. The van der Waals surface area contributed by atoms with Crippen LogP contribution in [0, 0.1) is 0 Å². The maximum absolute atomic E-state index is 11.7. The fourth-order valence-corrected chi connectivity index (χ4v) is 2.65. The van der Waals surface area contributed by atoms with Crippen LogP contribution in [0.15, 0.2) is 61.2 Å². The summed E-state index contributed by atoms with van der Waals surface area (Å²) in [4.78, 5) is 24.6. The molecule has 0 saturated heterocycles. The Balaban J connectivity index is 1.89. The Morgan fingerprint density at radius 2 is 2.04 bits per heavy atom. The minimum absolute atomic E-state index is 0.163. The maximum atomic E-state index is 11.7. The Morgan fingerprint density at radius 3 is 2.76 bits per heavy atom. The van der Waals surface area contributed by atoms with Gasteiger partial charge < -0.3 is 5.11 Å². The van der Waals surface area contributed by atoms with Crippen LogP contribution in [0.5, 0.6) is 0 Å². The molecule has 0 aliphatic carbocycles. The third-order valence-corrected chi connectivity index (χ3v) is 3.83. The van der Waals surface area contributed by atoms with Crippen LogP contribution in [0.3, 0.4) is 0 Å². The van der Waals surface area contributed by atoms with E-state index in [2.05, 4.69) is 20.1 Å². The molecule has 0 unspecified atom stereocenters. The number of carboxylic acid groups (broad SMARTS) is 1. The van der Waals surface area contributed by atoms with Gasteiger partial charge in [0, 0.05) is 24.2 Å². The standard InChI is InChI=1S/C18H13N5O2/c24-18(25)14-8-16(12-4-3-6-19-9-12)22-17-15(14)10-21-23(17)11-13-5-1-2-7-20-13/h1-10H,11H2,(H,24,25). The maximum Gasteiger partial charge on any atom is 0.336 e. The van der Waals surface area contributed by atoms with Crippen LogP contribution in [0.4, 0.5) is 0 Å². The van der Waals surface area contributed by atoms with Crippen molar-refractivity contribution in [1.82, 2.24) is 24.7 Å². The summed E-state index contributed by atoms with van der Waals surface area (Å²) in [6, 6.07) is 10.8. The molecule has 0 amide bonds. The van der Waals surface area contributed by atoms with Crippen molar-refractivity contribution in [2.24, 2.45) is 0 Å². The highest BCUT2D eigenvalue weighted by molar-refractivity contribution is 6.02. The average Bonchev–Trinajstić information content (AvgIpc) is 3.05. The Labute approximate surface area is 142 Å². The van der Waals surface area contributed by atoms with E-state index in [-0.39, 0.29) is 5.56 Å². The molecule has 4 aromatic heterocycles. The van der Waals surface area contributed by atoms with Crippen molar-refractivity contribution in [2.45, 2.75) is 6.54 Å². The fourth-order valence-electron chi connectivity index (χ4n) is 2.65. The molecule has 0 bridgehead atoms. The highest BCUT2D eigenvalue weighted by atomic mass is 16.4. The number of aromatic carboxylic acids is 1. The quantitative estimate of drug-likeness (QED) is 0.618. The molecule has 4 heterocycles. The van der Waals surface area contributed by atoms with Crippen LogP contribution in [0.1, 0.15) is 16.1 Å².